The zero-order valence-electron chi connectivity index (χ0n) is 11.6. The van der Waals surface area contributed by atoms with E-state index in [9.17, 15) is 4.79 Å². The molecule has 20 heavy (non-hydrogen) atoms. The molecule has 0 amide bonds. The van der Waals surface area contributed by atoms with E-state index < -0.39 is 5.97 Å². The third kappa shape index (κ3) is 3.54. The smallest absolute Gasteiger partial charge is 0.328 e. The Balaban J connectivity index is 2.35. The van der Waals surface area contributed by atoms with Crippen molar-refractivity contribution in [1.29, 1.82) is 0 Å². The van der Waals surface area contributed by atoms with Crippen LogP contribution in [0.2, 0.25) is 5.02 Å². The maximum absolute atomic E-state index is 11.1. The number of rotatable bonds is 4. The molecule has 0 saturated heterocycles. The minimum absolute atomic E-state index is 0.310. The van der Waals surface area contributed by atoms with Crippen LogP contribution in [0.25, 0.3) is 5.57 Å². The van der Waals surface area contributed by atoms with Crippen LogP contribution in [0.1, 0.15) is 37.7 Å². The molecule has 3 nitrogen and oxygen atoms in total. The molecule has 1 aromatic rings. The summed E-state index contributed by atoms with van der Waals surface area (Å²) in [7, 11) is 1.57. The largest absolute Gasteiger partial charge is 0.495 e. The molecule has 0 heterocycles. The number of carbonyl (C=O) groups is 1. The summed E-state index contributed by atoms with van der Waals surface area (Å²) in [6.07, 6.45) is 6.97. The van der Waals surface area contributed by atoms with Gasteiger partial charge in [-0.25, -0.2) is 4.79 Å². The average molecular weight is 295 g/mol. The van der Waals surface area contributed by atoms with Crippen molar-refractivity contribution in [2.24, 2.45) is 5.92 Å². The van der Waals surface area contributed by atoms with Gasteiger partial charge in [0.2, 0.25) is 0 Å². The molecular weight excluding hydrogens is 276 g/mol. The molecule has 1 N–H and O–H groups in total. The molecule has 0 aromatic heterocycles. The Kier molecular flexibility index (Phi) is 5.07. The van der Waals surface area contributed by atoms with Gasteiger partial charge in [-0.05, 0) is 42.0 Å². The normalized spacial score (nSPS) is 17.0. The van der Waals surface area contributed by atoms with Crippen molar-refractivity contribution >= 4 is 23.1 Å². The fraction of sp³-hybridized carbons (Fsp3) is 0.438. The number of carboxylic acid groups (broad SMARTS) is 1. The number of allylic oxidation sites excluding steroid dienone is 1. The minimum Gasteiger partial charge on any atom is -0.495 e. The molecule has 108 valence electrons. The molecule has 1 aliphatic rings. The van der Waals surface area contributed by atoms with Gasteiger partial charge in [0, 0.05) is 6.08 Å². The van der Waals surface area contributed by atoms with Gasteiger partial charge in [-0.15, -0.1) is 0 Å². The summed E-state index contributed by atoms with van der Waals surface area (Å²) >= 11 is 6.15. The van der Waals surface area contributed by atoms with Gasteiger partial charge >= 0.3 is 5.97 Å². The van der Waals surface area contributed by atoms with Crippen LogP contribution in [0.15, 0.2) is 24.3 Å². The summed E-state index contributed by atoms with van der Waals surface area (Å²) in [4.78, 5) is 11.1. The van der Waals surface area contributed by atoms with Gasteiger partial charge in [0.25, 0.3) is 0 Å². The highest BCUT2D eigenvalue weighted by Gasteiger charge is 2.20. The van der Waals surface area contributed by atoms with E-state index in [0.717, 1.165) is 36.8 Å². The van der Waals surface area contributed by atoms with Gasteiger partial charge in [-0.3, -0.25) is 0 Å². The second-order valence-electron chi connectivity index (χ2n) is 5.12. The zero-order valence-corrected chi connectivity index (χ0v) is 12.3. The topological polar surface area (TPSA) is 46.5 Å². The predicted octanol–water partition coefficient (Wildman–Crippen LogP) is 4.40. The molecule has 0 atom stereocenters. The molecule has 1 aromatic carbocycles. The van der Waals surface area contributed by atoms with E-state index in [1.165, 1.54) is 12.5 Å². The lowest BCUT2D eigenvalue weighted by Crippen LogP contribution is -2.10. The van der Waals surface area contributed by atoms with Gasteiger partial charge in [-0.2, -0.15) is 0 Å². The third-order valence-corrected chi connectivity index (χ3v) is 4.10. The van der Waals surface area contributed by atoms with Crippen molar-refractivity contribution in [2.45, 2.75) is 32.1 Å². The van der Waals surface area contributed by atoms with Crippen LogP contribution >= 0.6 is 11.6 Å². The third-order valence-electron chi connectivity index (χ3n) is 3.81. The maximum atomic E-state index is 11.1. The monoisotopic (exact) mass is 294 g/mol. The Morgan fingerprint density at radius 1 is 1.35 bits per heavy atom. The van der Waals surface area contributed by atoms with Gasteiger partial charge in [0.05, 0.1) is 12.1 Å². The van der Waals surface area contributed by atoms with Gasteiger partial charge in [-0.1, -0.05) is 36.9 Å². The molecule has 2 rings (SSSR count). The highest BCUT2D eigenvalue weighted by Crippen LogP contribution is 2.37. The van der Waals surface area contributed by atoms with Gasteiger partial charge in [0.15, 0.2) is 0 Å². The van der Waals surface area contributed by atoms with Crippen molar-refractivity contribution in [2.75, 3.05) is 7.11 Å². The van der Waals surface area contributed by atoms with Crippen LogP contribution in [0, 0.1) is 5.92 Å². The average Bonchev–Trinajstić information content (AvgIpc) is 2.45. The maximum Gasteiger partial charge on any atom is 0.328 e. The zero-order chi connectivity index (χ0) is 14.5. The van der Waals surface area contributed by atoms with E-state index in [1.807, 2.05) is 6.07 Å². The van der Waals surface area contributed by atoms with Crippen LogP contribution in [0.3, 0.4) is 0 Å². The second kappa shape index (κ2) is 6.80. The van der Waals surface area contributed by atoms with E-state index in [1.54, 1.807) is 19.2 Å². The highest BCUT2D eigenvalue weighted by molar-refractivity contribution is 6.32. The number of hydrogen-bond donors (Lipinski definition) is 1. The van der Waals surface area contributed by atoms with Crippen LogP contribution in [-0.4, -0.2) is 18.2 Å². The van der Waals surface area contributed by atoms with Crippen LogP contribution in [-0.2, 0) is 4.79 Å². The number of methoxy groups -OCH3 is 1. The number of ether oxygens (including phenoxy) is 1. The number of halogens is 1. The number of carboxylic acids is 1. The Morgan fingerprint density at radius 3 is 2.60 bits per heavy atom. The van der Waals surface area contributed by atoms with Crippen molar-refractivity contribution in [3.05, 3.63) is 34.9 Å². The van der Waals surface area contributed by atoms with Crippen LogP contribution < -0.4 is 4.74 Å². The minimum atomic E-state index is -0.905. The lowest BCUT2D eigenvalue weighted by atomic mass is 9.81. The van der Waals surface area contributed by atoms with E-state index in [2.05, 4.69) is 0 Å². The first-order chi connectivity index (χ1) is 9.61. The molecule has 0 bridgehead atoms. The fourth-order valence-corrected chi connectivity index (χ4v) is 3.09. The van der Waals surface area contributed by atoms with Crippen molar-refractivity contribution in [3.63, 3.8) is 0 Å². The molecular formula is C16H19ClO3. The van der Waals surface area contributed by atoms with E-state index in [4.69, 9.17) is 21.4 Å². The summed E-state index contributed by atoms with van der Waals surface area (Å²) in [5.74, 6) is 0.00978. The van der Waals surface area contributed by atoms with Crippen LogP contribution in [0.4, 0.5) is 0 Å². The Morgan fingerprint density at radius 2 is 2.05 bits per heavy atom. The van der Waals surface area contributed by atoms with Crippen molar-refractivity contribution in [3.8, 4) is 5.75 Å². The van der Waals surface area contributed by atoms with E-state index >= 15 is 0 Å². The molecule has 1 fully saturated rings. The number of benzene rings is 1. The summed E-state index contributed by atoms with van der Waals surface area (Å²) in [6, 6.07) is 5.47. The summed E-state index contributed by atoms with van der Waals surface area (Å²) in [5.41, 5.74) is 1.76. The summed E-state index contributed by atoms with van der Waals surface area (Å²) < 4.78 is 5.14. The van der Waals surface area contributed by atoms with Gasteiger partial charge < -0.3 is 9.84 Å². The first-order valence-corrected chi connectivity index (χ1v) is 7.28. The van der Waals surface area contributed by atoms with E-state index in [0.29, 0.717) is 16.7 Å². The Hall–Kier alpha value is -1.48. The SMILES string of the molecule is COc1ccc(C(=CC(=O)O)C2CCCCC2)cc1Cl. The Bertz CT molecular complexity index is 516. The number of hydrogen-bond acceptors (Lipinski definition) is 2. The Labute approximate surface area is 124 Å². The molecule has 1 aliphatic carbocycles. The molecule has 0 radical (unpaired) electrons. The van der Waals surface area contributed by atoms with Crippen LogP contribution in [0.5, 0.6) is 5.75 Å². The molecule has 0 aliphatic heterocycles. The lowest BCUT2D eigenvalue weighted by Gasteiger charge is -2.24. The molecule has 0 spiro atoms. The van der Waals surface area contributed by atoms with Crippen molar-refractivity contribution < 1.29 is 14.6 Å². The summed E-state index contributed by atoms with van der Waals surface area (Å²) in [6.45, 7) is 0. The quantitative estimate of drug-likeness (QED) is 0.837. The molecule has 4 heteroatoms. The highest BCUT2D eigenvalue weighted by atomic mass is 35.5. The standard InChI is InChI=1S/C16H19ClO3/c1-20-15-8-7-12(9-14(15)17)13(10-16(18)19)11-5-3-2-4-6-11/h7-11H,2-6H2,1H3,(H,18,19). The first kappa shape index (κ1) is 14.9. The number of aliphatic carboxylic acids is 1. The second-order valence-corrected chi connectivity index (χ2v) is 5.53. The predicted molar refractivity (Wildman–Crippen MR) is 80.2 cm³/mol. The fourth-order valence-electron chi connectivity index (χ4n) is 2.83. The van der Waals surface area contributed by atoms with Gasteiger partial charge in [0.1, 0.15) is 5.75 Å². The molecule has 0 unspecified atom stereocenters. The van der Waals surface area contributed by atoms with Crippen molar-refractivity contribution in [1.82, 2.24) is 0 Å². The van der Waals surface area contributed by atoms with E-state index in [-0.39, 0.29) is 0 Å². The lowest BCUT2D eigenvalue weighted by molar-refractivity contribution is -0.131. The first-order valence-electron chi connectivity index (χ1n) is 6.90. The summed E-state index contributed by atoms with van der Waals surface area (Å²) in [5, 5.41) is 9.62. The molecule has 1 saturated carbocycles.